The van der Waals surface area contributed by atoms with Crippen molar-refractivity contribution in [3.05, 3.63) is 34.9 Å². The standard InChI is InChI=1S/C21H32O2/c1-4-6-8-17-10-11-18(9-7-5-2)20(16-17)21(23-3)14-12-19(22)13-15-21/h10-11,16H,4-9,12-15H2,1-3H3. The fraction of sp³-hybridized carbons (Fsp3) is 0.667. The van der Waals surface area contributed by atoms with Crippen LogP contribution in [0, 0.1) is 0 Å². The Balaban J connectivity index is 2.35. The molecule has 0 saturated heterocycles. The van der Waals surface area contributed by atoms with Crippen molar-refractivity contribution in [2.75, 3.05) is 7.11 Å². The summed E-state index contributed by atoms with van der Waals surface area (Å²) < 4.78 is 6.04. The largest absolute Gasteiger partial charge is 0.373 e. The lowest BCUT2D eigenvalue weighted by Crippen LogP contribution is -2.35. The molecule has 0 aliphatic heterocycles. The maximum Gasteiger partial charge on any atom is 0.133 e. The molecule has 1 aliphatic carbocycles. The SMILES string of the molecule is CCCCc1ccc(CCCC)c(C2(OC)CCC(=O)CC2)c1. The van der Waals surface area contributed by atoms with E-state index < -0.39 is 0 Å². The number of ketones is 1. The summed E-state index contributed by atoms with van der Waals surface area (Å²) in [6.07, 6.45) is 10.1. The second kappa shape index (κ2) is 8.63. The summed E-state index contributed by atoms with van der Waals surface area (Å²) in [7, 11) is 1.82. The van der Waals surface area contributed by atoms with Crippen LogP contribution in [0.5, 0.6) is 0 Å². The molecule has 1 aliphatic rings. The number of hydrogen-bond acceptors (Lipinski definition) is 2. The molecule has 1 aromatic rings. The normalized spacial score (nSPS) is 17.4. The van der Waals surface area contributed by atoms with Crippen LogP contribution in [-0.4, -0.2) is 12.9 Å². The van der Waals surface area contributed by atoms with E-state index in [0.29, 0.717) is 18.6 Å². The van der Waals surface area contributed by atoms with Gasteiger partial charge >= 0.3 is 0 Å². The van der Waals surface area contributed by atoms with Crippen LogP contribution in [0.4, 0.5) is 0 Å². The molecule has 2 nitrogen and oxygen atoms in total. The van der Waals surface area contributed by atoms with Crippen LogP contribution in [0.1, 0.15) is 81.9 Å². The van der Waals surface area contributed by atoms with Crippen LogP contribution in [0.2, 0.25) is 0 Å². The van der Waals surface area contributed by atoms with E-state index in [1.165, 1.54) is 42.4 Å². The van der Waals surface area contributed by atoms with Gasteiger partial charge in [-0.25, -0.2) is 0 Å². The Kier molecular flexibility index (Phi) is 6.83. The summed E-state index contributed by atoms with van der Waals surface area (Å²) in [5.74, 6) is 0.384. The molecule has 0 bridgehead atoms. The molecule has 0 unspecified atom stereocenters. The number of methoxy groups -OCH3 is 1. The number of hydrogen-bond donors (Lipinski definition) is 0. The molecule has 1 saturated carbocycles. The van der Waals surface area contributed by atoms with E-state index in [0.717, 1.165) is 25.7 Å². The number of carbonyl (C=O) groups excluding carboxylic acids is 1. The lowest BCUT2D eigenvalue weighted by Gasteiger charge is -2.37. The number of carbonyl (C=O) groups is 1. The summed E-state index contributed by atoms with van der Waals surface area (Å²) in [5, 5.41) is 0. The second-order valence-electron chi connectivity index (χ2n) is 6.94. The average molecular weight is 316 g/mol. The van der Waals surface area contributed by atoms with Gasteiger partial charge in [0.2, 0.25) is 0 Å². The zero-order valence-corrected chi connectivity index (χ0v) is 15.1. The molecular weight excluding hydrogens is 284 g/mol. The molecule has 2 heteroatoms. The first-order valence-corrected chi connectivity index (χ1v) is 9.34. The van der Waals surface area contributed by atoms with Gasteiger partial charge in [-0.1, -0.05) is 44.9 Å². The molecule has 0 radical (unpaired) electrons. The fourth-order valence-corrected chi connectivity index (χ4v) is 3.69. The summed E-state index contributed by atoms with van der Waals surface area (Å²) in [6, 6.07) is 6.98. The number of aryl methyl sites for hydroxylation is 2. The number of ether oxygens (including phenoxy) is 1. The van der Waals surface area contributed by atoms with Gasteiger partial charge in [-0.2, -0.15) is 0 Å². The van der Waals surface area contributed by atoms with E-state index in [9.17, 15) is 4.79 Å². The quantitative estimate of drug-likeness (QED) is 0.645. The fourth-order valence-electron chi connectivity index (χ4n) is 3.69. The van der Waals surface area contributed by atoms with E-state index >= 15 is 0 Å². The van der Waals surface area contributed by atoms with Crippen molar-refractivity contribution in [1.29, 1.82) is 0 Å². The van der Waals surface area contributed by atoms with Crippen molar-refractivity contribution in [3.63, 3.8) is 0 Å². The van der Waals surface area contributed by atoms with Crippen molar-refractivity contribution >= 4 is 5.78 Å². The molecule has 0 spiro atoms. The van der Waals surface area contributed by atoms with Crippen molar-refractivity contribution in [1.82, 2.24) is 0 Å². The summed E-state index contributed by atoms with van der Waals surface area (Å²) in [6.45, 7) is 4.47. The summed E-state index contributed by atoms with van der Waals surface area (Å²) in [4.78, 5) is 11.7. The monoisotopic (exact) mass is 316 g/mol. The van der Waals surface area contributed by atoms with Gasteiger partial charge in [-0.05, 0) is 55.2 Å². The molecule has 128 valence electrons. The third-order valence-electron chi connectivity index (χ3n) is 5.29. The highest BCUT2D eigenvalue weighted by Gasteiger charge is 2.37. The smallest absolute Gasteiger partial charge is 0.133 e. The summed E-state index contributed by atoms with van der Waals surface area (Å²) in [5.41, 5.74) is 3.94. The van der Waals surface area contributed by atoms with Crippen LogP contribution < -0.4 is 0 Å². The molecule has 0 aromatic heterocycles. The van der Waals surface area contributed by atoms with Gasteiger partial charge in [0.15, 0.2) is 0 Å². The van der Waals surface area contributed by atoms with Crippen LogP contribution in [0.25, 0.3) is 0 Å². The molecular formula is C21H32O2. The Labute approximate surface area is 141 Å². The molecule has 0 heterocycles. The van der Waals surface area contributed by atoms with Gasteiger partial charge in [-0.15, -0.1) is 0 Å². The Morgan fingerprint density at radius 3 is 2.30 bits per heavy atom. The molecule has 23 heavy (non-hydrogen) atoms. The van der Waals surface area contributed by atoms with Crippen molar-refractivity contribution in [2.45, 2.75) is 83.7 Å². The Morgan fingerprint density at radius 2 is 1.70 bits per heavy atom. The van der Waals surface area contributed by atoms with Crippen molar-refractivity contribution in [3.8, 4) is 0 Å². The van der Waals surface area contributed by atoms with E-state index in [1.54, 1.807) is 0 Å². The lowest BCUT2D eigenvalue weighted by atomic mass is 9.76. The van der Waals surface area contributed by atoms with E-state index in [1.807, 2.05) is 7.11 Å². The zero-order valence-electron chi connectivity index (χ0n) is 15.1. The highest BCUT2D eigenvalue weighted by molar-refractivity contribution is 5.79. The first-order chi connectivity index (χ1) is 11.1. The molecule has 1 fully saturated rings. The van der Waals surface area contributed by atoms with Gasteiger partial charge in [0.05, 0.1) is 5.60 Å². The third kappa shape index (κ3) is 4.44. The van der Waals surface area contributed by atoms with Gasteiger partial charge in [-0.3, -0.25) is 4.79 Å². The number of Topliss-reactive ketones (excluding diaryl/α,β-unsaturated/α-hetero) is 1. The predicted octanol–water partition coefficient (Wildman–Crippen LogP) is 5.36. The van der Waals surface area contributed by atoms with Gasteiger partial charge in [0.1, 0.15) is 5.78 Å². The zero-order chi connectivity index (χ0) is 16.7. The number of benzene rings is 1. The minimum Gasteiger partial charge on any atom is -0.373 e. The molecule has 1 aromatic carbocycles. The molecule has 0 amide bonds. The van der Waals surface area contributed by atoms with Crippen molar-refractivity contribution in [2.24, 2.45) is 0 Å². The van der Waals surface area contributed by atoms with Crippen LogP contribution in [0.15, 0.2) is 18.2 Å². The molecule has 0 atom stereocenters. The molecule has 0 N–H and O–H groups in total. The second-order valence-corrected chi connectivity index (χ2v) is 6.94. The predicted molar refractivity (Wildman–Crippen MR) is 95.8 cm³/mol. The van der Waals surface area contributed by atoms with E-state index in [2.05, 4.69) is 32.0 Å². The Morgan fingerprint density at radius 1 is 1.04 bits per heavy atom. The van der Waals surface area contributed by atoms with Crippen LogP contribution in [0.3, 0.4) is 0 Å². The van der Waals surface area contributed by atoms with E-state index in [4.69, 9.17) is 4.74 Å². The minimum absolute atomic E-state index is 0.251. The third-order valence-corrected chi connectivity index (χ3v) is 5.29. The van der Waals surface area contributed by atoms with Gasteiger partial charge < -0.3 is 4.74 Å². The van der Waals surface area contributed by atoms with E-state index in [-0.39, 0.29) is 5.60 Å². The highest BCUT2D eigenvalue weighted by Crippen LogP contribution is 2.41. The van der Waals surface area contributed by atoms with Gasteiger partial charge in [0, 0.05) is 20.0 Å². The number of rotatable bonds is 8. The first-order valence-electron chi connectivity index (χ1n) is 9.34. The summed E-state index contributed by atoms with van der Waals surface area (Å²) >= 11 is 0. The maximum absolute atomic E-state index is 11.7. The van der Waals surface area contributed by atoms with Gasteiger partial charge in [0.25, 0.3) is 0 Å². The Bertz CT molecular complexity index is 509. The Hall–Kier alpha value is -1.15. The van der Waals surface area contributed by atoms with Crippen LogP contribution in [-0.2, 0) is 28.0 Å². The average Bonchev–Trinajstić information content (AvgIpc) is 2.59. The highest BCUT2D eigenvalue weighted by atomic mass is 16.5. The maximum atomic E-state index is 11.7. The lowest BCUT2D eigenvalue weighted by molar-refractivity contribution is -0.127. The van der Waals surface area contributed by atoms with Crippen molar-refractivity contribution < 1.29 is 9.53 Å². The molecule has 2 rings (SSSR count). The minimum atomic E-state index is -0.251. The topological polar surface area (TPSA) is 26.3 Å². The first kappa shape index (κ1) is 18.2. The number of unbranched alkanes of at least 4 members (excludes halogenated alkanes) is 2. The van der Waals surface area contributed by atoms with Crippen LogP contribution >= 0.6 is 0 Å².